The highest BCUT2D eigenvalue weighted by Gasteiger charge is 2.07. The summed E-state index contributed by atoms with van der Waals surface area (Å²) >= 11 is 3.50. The first kappa shape index (κ1) is 14.3. The molecule has 0 unspecified atom stereocenters. The van der Waals surface area contributed by atoms with Gasteiger partial charge < -0.3 is 5.32 Å². The van der Waals surface area contributed by atoms with Crippen molar-refractivity contribution in [1.82, 2.24) is 15.1 Å². The fourth-order valence-electron chi connectivity index (χ4n) is 1.94. The van der Waals surface area contributed by atoms with Gasteiger partial charge in [0.15, 0.2) is 0 Å². The number of aromatic nitrogens is 2. The van der Waals surface area contributed by atoms with E-state index in [-0.39, 0.29) is 0 Å². The molecule has 0 fully saturated rings. The van der Waals surface area contributed by atoms with Crippen LogP contribution in [0.15, 0.2) is 34.9 Å². The zero-order valence-corrected chi connectivity index (χ0v) is 13.2. The van der Waals surface area contributed by atoms with Gasteiger partial charge >= 0.3 is 0 Å². The lowest BCUT2D eigenvalue weighted by molar-refractivity contribution is 0.585. The zero-order chi connectivity index (χ0) is 13.8. The number of benzene rings is 1. The first-order chi connectivity index (χ1) is 9.06. The number of hydrogen-bond acceptors (Lipinski definition) is 2. The van der Waals surface area contributed by atoms with Crippen LogP contribution in [-0.4, -0.2) is 15.8 Å². The summed E-state index contributed by atoms with van der Waals surface area (Å²) in [6.45, 7) is 8.12. The molecule has 102 valence electrons. The molecule has 3 nitrogen and oxygen atoms in total. The molecule has 0 aliphatic carbocycles. The van der Waals surface area contributed by atoms with Crippen molar-refractivity contribution in [3.63, 3.8) is 0 Å². The molecule has 4 heteroatoms. The van der Waals surface area contributed by atoms with Crippen LogP contribution in [0.5, 0.6) is 0 Å². The van der Waals surface area contributed by atoms with E-state index in [0.717, 1.165) is 17.6 Å². The van der Waals surface area contributed by atoms with Gasteiger partial charge in [-0.1, -0.05) is 41.9 Å². The normalized spacial score (nSPS) is 11.2. The summed E-state index contributed by atoms with van der Waals surface area (Å²) < 4.78 is 3.16. The summed E-state index contributed by atoms with van der Waals surface area (Å²) in [6.07, 6.45) is 1.96. The quantitative estimate of drug-likeness (QED) is 0.913. The van der Waals surface area contributed by atoms with Crippen LogP contribution in [0.1, 0.15) is 30.7 Å². The SMILES string of the molecule is Cc1c(CNC(C)C)cnn1Cc1cccc(Br)c1. The fourth-order valence-corrected chi connectivity index (χ4v) is 2.39. The van der Waals surface area contributed by atoms with Crippen molar-refractivity contribution in [2.45, 2.75) is 39.9 Å². The Labute approximate surface area is 123 Å². The molecule has 1 aromatic carbocycles. The van der Waals surface area contributed by atoms with Crippen LogP contribution in [0.4, 0.5) is 0 Å². The van der Waals surface area contributed by atoms with Crippen LogP contribution >= 0.6 is 15.9 Å². The highest BCUT2D eigenvalue weighted by atomic mass is 79.9. The Bertz CT molecular complexity index is 546. The van der Waals surface area contributed by atoms with E-state index in [4.69, 9.17) is 0 Å². The molecule has 0 aliphatic rings. The van der Waals surface area contributed by atoms with Crippen molar-refractivity contribution in [2.24, 2.45) is 0 Å². The number of halogens is 1. The average Bonchev–Trinajstić information content (AvgIpc) is 2.68. The summed E-state index contributed by atoms with van der Waals surface area (Å²) in [6, 6.07) is 8.84. The third-order valence-corrected chi connectivity index (χ3v) is 3.62. The van der Waals surface area contributed by atoms with Crippen LogP contribution in [0.25, 0.3) is 0 Å². The van der Waals surface area contributed by atoms with E-state index in [1.54, 1.807) is 0 Å². The molecule has 0 saturated carbocycles. The Morgan fingerprint density at radius 2 is 2.16 bits per heavy atom. The number of nitrogens with zero attached hydrogens (tertiary/aromatic N) is 2. The predicted octanol–water partition coefficient (Wildman–Crippen LogP) is 3.50. The molecule has 0 bridgehead atoms. The van der Waals surface area contributed by atoms with E-state index in [0.29, 0.717) is 6.04 Å². The van der Waals surface area contributed by atoms with Crippen molar-refractivity contribution in [1.29, 1.82) is 0 Å². The largest absolute Gasteiger partial charge is 0.310 e. The van der Waals surface area contributed by atoms with Gasteiger partial charge in [-0.3, -0.25) is 4.68 Å². The molecule has 0 saturated heterocycles. The van der Waals surface area contributed by atoms with Gasteiger partial charge in [-0.2, -0.15) is 5.10 Å². The first-order valence-electron chi connectivity index (χ1n) is 6.55. The monoisotopic (exact) mass is 321 g/mol. The Morgan fingerprint density at radius 1 is 1.37 bits per heavy atom. The van der Waals surface area contributed by atoms with Gasteiger partial charge in [0.05, 0.1) is 12.7 Å². The lowest BCUT2D eigenvalue weighted by Crippen LogP contribution is -2.22. The van der Waals surface area contributed by atoms with Crippen molar-refractivity contribution in [2.75, 3.05) is 0 Å². The van der Waals surface area contributed by atoms with Gasteiger partial charge in [0.1, 0.15) is 0 Å². The van der Waals surface area contributed by atoms with Crippen molar-refractivity contribution < 1.29 is 0 Å². The topological polar surface area (TPSA) is 29.9 Å². The highest BCUT2D eigenvalue weighted by molar-refractivity contribution is 9.10. The van der Waals surface area contributed by atoms with Gasteiger partial charge in [-0.15, -0.1) is 0 Å². The molecule has 0 radical (unpaired) electrons. The Balaban J connectivity index is 2.09. The molecule has 1 heterocycles. The Morgan fingerprint density at radius 3 is 2.84 bits per heavy atom. The second-order valence-corrected chi connectivity index (χ2v) is 5.99. The van der Waals surface area contributed by atoms with Crippen LogP contribution in [0, 0.1) is 6.92 Å². The zero-order valence-electron chi connectivity index (χ0n) is 11.7. The smallest absolute Gasteiger partial charge is 0.0662 e. The predicted molar refractivity (Wildman–Crippen MR) is 82.2 cm³/mol. The summed E-state index contributed by atoms with van der Waals surface area (Å²) in [5, 5.41) is 7.91. The van der Waals surface area contributed by atoms with Gasteiger partial charge in [0, 0.05) is 28.3 Å². The molecule has 2 aromatic rings. The van der Waals surface area contributed by atoms with Crippen LogP contribution < -0.4 is 5.32 Å². The minimum atomic E-state index is 0.493. The molecular weight excluding hydrogens is 302 g/mol. The minimum absolute atomic E-state index is 0.493. The van der Waals surface area contributed by atoms with E-state index < -0.39 is 0 Å². The molecule has 1 aromatic heterocycles. The third-order valence-electron chi connectivity index (χ3n) is 3.13. The van der Waals surface area contributed by atoms with E-state index in [2.05, 4.69) is 70.0 Å². The molecule has 19 heavy (non-hydrogen) atoms. The van der Waals surface area contributed by atoms with Gasteiger partial charge in [-0.25, -0.2) is 0 Å². The maximum absolute atomic E-state index is 4.48. The summed E-state index contributed by atoms with van der Waals surface area (Å²) in [4.78, 5) is 0. The number of hydrogen-bond donors (Lipinski definition) is 1. The van der Waals surface area contributed by atoms with Crippen molar-refractivity contribution in [3.05, 3.63) is 51.8 Å². The van der Waals surface area contributed by atoms with E-state index >= 15 is 0 Å². The van der Waals surface area contributed by atoms with Gasteiger partial charge in [0.25, 0.3) is 0 Å². The van der Waals surface area contributed by atoms with Crippen LogP contribution in [0.3, 0.4) is 0 Å². The van der Waals surface area contributed by atoms with Crippen LogP contribution in [-0.2, 0) is 13.1 Å². The second-order valence-electron chi connectivity index (χ2n) is 5.08. The molecular formula is C15H20BrN3. The third kappa shape index (κ3) is 3.91. The maximum Gasteiger partial charge on any atom is 0.0662 e. The molecule has 0 spiro atoms. The first-order valence-corrected chi connectivity index (χ1v) is 7.34. The van der Waals surface area contributed by atoms with Gasteiger partial charge in [-0.05, 0) is 24.6 Å². The van der Waals surface area contributed by atoms with E-state index in [1.807, 2.05) is 12.3 Å². The molecule has 0 atom stereocenters. The standard InChI is InChI=1S/C15H20BrN3/c1-11(2)17-8-14-9-18-19(12(14)3)10-13-5-4-6-15(16)7-13/h4-7,9,11,17H,8,10H2,1-3H3. The van der Waals surface area contributed by atoms with Crippen LogP contribution in [0.2, 0.25) is 0 Å². The lowest BCUT2D eigenvalue weighted by atomic mass is 10.2. The lowest BCUT2D eigenvalue weighted by Gasteiger charge is -2.09. The molecule has 1 N–H and O–H groups in total. The molecule has 2 rings (SSSR count). The average molecular weight is 322 g/mol. The fraction of sp³-hybridized carbons (Fsp3) is 0.400. The summed E-state index contributed by atoms with van der Waals surface area (Å²) in [7, 11) is 0. The van der Waals surface area contributed by atoms with E-state index in [9.17, 15) is 0 Å². The minimum Gasteiger partial charge on any atom is -0.310 e. The highest BCUT2D eigenvalue weighted by Crippen LogP contribution is 2.14. The van der Waals surface area contributed by atoms with Crippen molar-refractivity contribution >= 4 is 15.9 Å². The Hall–Kier alpha value is -1.13. The maximum atomic E-state index is 4.48. The second kappa shape index (κ2) is 6.35. The molecule has 0 amide bonds. The van der Waals surface area contributed by atoms with Crippen molar-refractivity contribution in [3.8, 4) is 0 Å². The van der Waals surface area contributed by atoms with E-state index in [1.165, 1.54) is 16.8 Å². The van der Waals surface area contributed by atoms with Gasteiger partial charge in [0.2, 0.25) is 0 Å². The number of rotatable bonds is 5. The summed E-state index contributed by atoms with van der Waals surface area (Å²) in [5.74, 6) is 0. The summed E-state index contributed by atoms with van der Waals surface area (Å²) in [5.41, 5.74) is 3.75. The number of nitrogens with one attached hydrogen (secondary N) is 1. The Kier molecular flexibility index (Phi) is 4.77. The molecule has 0 aliphatic heterocycles.